The highest BCUT2D eigenvalue weighted by Gasteiger charge is 2.19. The lowest BCUT2D eigenvalue weighted by molar-refractivity contribution is 0.138. The normalized spacial score (nSPS) is 20.9. The molecule has 2 rings (SSSR count). The number of aryl methyl sites for hydroxylation is 1. The summed E-state index contributed by atoms with van der Waals surface area (Å²) < 4.78 is 6.85. The van der Waals surface area contributed by atoms with Gasteiger partial charge in [-0.25, -0.2) is 9.67 Å². The smallest absolute Gasteiger partial charge is 0.153 e. The third-order valence-electron chi connectivity index (χ3n) is 2.41. The highest BCUT2D eigenvalue weighted by Crippen LogP contribution is 2.12. The molecule has 78 valence electrons. The predicted molar refractivity (Wildman–Crippen MR) is 49.9 cm³/mol. The zero-order valence-electron chi connectivity index (χ0n) is 8.31. The van der Waals surface area contributed by atoms with Gasteiger partial charge in [-0.1, -0.05) is 0 Å². The molecule has 5 heteroatoms. The number of fused-ring (bicyclic) bond motifs is 1. The first-order chi connectivity index (χ1) is 6.79. The molecule has 1 aromatic heterocycles. The second kappa shape index (κ2) is 4.06. The van der Waals surface area contributed by atoms with E-state index in [0.717, 1.165) is 31.0 Å². The SMILES string of the molecule is COCCc1nc2n(n1)CCC(O)C2. The number of aromatic nitrogens is 3. The van der Waals surface area contributed by atoms with Gasteiger partial charge in [0.25, 0.3) is 0 Å². The Hall–Kier alpha value is -0.940. The summed E-state index contributed by atoms with van der Waals surface area (Å²) in [6.07, 6.45) is 1.90. The topological polar surface area (TPSA) is 60.2 Å². The van der Waals surface area contributed by atoms with E-state index in [2.05, 4.69) is 10.1 Å². The minimum Gasteiger partial charge on any atom is -0.393 e. The lowest BCUT2D eigenvalue weighted by Crippen LogP contribution is -2.23. The minimum absolute atomic E-state index is 0.248. The van der Waals surface area contributed by atoms with Gasteiger partial charge < -0.3 is 9.84 Å². The molecule has 0 fully saturated rings. The molecule has 1 aromatic rings. The molecule has 0 bridgehead atoms. The highest BCUT2D eigenvalue weighted by atomic mass is 16.5. The molecule has 5 nitrogen and oxygen atoms in total. The maximum absolute atomic E-state index is 9.44. The quantitative estimate of drug-likeness (QED) is 0.727. The molecule has 1 aliphatic rings. The van der Waals surface area contributed by atoms with Crippen molar-refractivity contribution in [1.29, 1.82) is 0 Å². The first-order valence-corrected chi connectivity index (χ1v) is 4.89. The monoisotopic (exact) mass is 197 g/mol. The van der Waals surface area contributed by atoms with Gasteiger partial charge in [0.2, 0.25) is 0 Å². The number of ether oxygens (including phenoxy) is 1. The van der Waals surface area contributed by atoms with E-state index in [0.29, 0.717) is 13.0 Å². The minimum atomic E-state index is -0.248. The number of nitrogens with zero attached hydrogens (tertiary/aromatic N) is 3. The molecule has 0 saturated heterocycles. The van der Waals surface area contributed by atoms with Crippen molar-refractivity contribution in [1.82, 2.24) is 14.8 Å². The predicted octanol–water partition coefficient (Wildman–Crippen LogP) is -0.226. The van der Waals surface area contributed by atoms with Crippen molar-refractivity contribution in [3.05, 3.63) is 11.6 Å². The molecular weight excluding hydrogens is 182 g/mol. The average molecular weight is 197 g/mol. The lowest BCUT2D eigenvalue weighted by atomic mass is 10.1. The van der Waals surface area contributed by atoms with Crippen molar-refractivity contribution < 1.29 is 9.84 Å². The molecule has 0 amide bonds. The Labute approximate surface area is 82.7 Å². The van der Waals surface area contributed by atoms with E-state index in [4.69, 9.17) is 4.74 Å². The summed E-state index contributed by atoms with van der Waals surface area (Å²) in [7, 11) is 1.67. The summed E-state index contributed by atoms with van der Waals surface area (Å²) in [6, 6.07) is 0. The Morgan fingerprint density at radius 2 is 2.50 bits per heavy atom. The van der Waals surface area contributed by atoms with E-state index in [1.54, 1.807) is 7.11 Å². The van der Waals surface area contributed by atoms with Crippen LogP contribution in [0.1, 0.15) is 18.1 Å². The van der Waals surface area contributed by atoms with E-state index < -0.39 is 0 Å². The summed E-state index contributed by atoms with van der Waals surface area (Å²) in [5.41, 5.74) is 0. The Balaban J connectivity index is 2.07. The Kier molecular flexibility index (Phi) is 2.79. The van der Waals surface area contributed by atoms with Crippen molar-refractivity contribution >= 4 is 0 Å². The van der Waals surface area contributed by atoms with Crippen molar-refractivity contribution in [3.63, 3.8) is 0 Å². The number of hydrogen-bond acceptors (Lipinski definition) is 4. The van der Waals surface area contributed by atoms with Crippen molar-refractivity contribution in [2.24, 2.45) is 0 Å². The van der Waals surface area contributed by atoms with Gasteiger partial charge in [-0.15, -0.1) is 0 Å². The van der Waals surface area contributed by atoms with Gasteiger partial charge in [-0.05, 0) is 6.42 Å². The number of rotatable bonds is 3. The molecule has 0 radical (unpaired) electrons. The summed E-state index contributed by atoms with van der Waals surface area (Å²) in [5, 5.41) is 13.8. The van der Waals surface area contributed by atoms with Gasteiger partial charge in [0.1, 0.15) is 5.82 Å². The third-order valence-corrected chi connectivity index (χ3v) is 2.41. The number of aliphatic hydroxyl groups is 1. The molecule has 0 spiro atoms. The summed E-state index contributed by atoms with van der Waals surface area (Å²) in [4.78, 5) is 4.35. The van der Waals surface area contributed by atoms with Crippen LogP contribution in [-0.2, 0) is 24.1 Å². The first-order valence-electron chi connectivity index (χ1n) is 4.89. The zero-order chi connectivity index (χ0) is 9.97. The van der Waals surface area contributed by atoms with E-state index in [1.165, 1.54) is 0 Å². The largest absolute Gasteiger partial charge is 0.393 e. The van der Waals surface area contributed by atoms with Crippen LogP contribution in [0, 0.1) is 0 Å². The Morgan fingerprint density at radius 1 is 1.64 bits per heavy atom. The van der Waals surface area contributed by atoms with Crippen LogP contribution in [0.2, 0.25) is 0 Å². The van der Waals surface area contributed by atoms with Crippen LogP contribution < -0.4 is 0 Å². The molecular formula is C9H15N3O2. The zero-order valence-corrected chi connectivity index (χ0v) is 8.31. The van der Waals surface area contributed by atoms with E-state index in [-0.39, 0.29) is 6.10 Å². The van der Waals surface area contributed by atoms with Crippen LogP contribution in [0.15, 0.2) is 0 Å². The fraction of sp³-hybridized carbons (Fsp3) is 0.778. The van der Waals surface area contributed by atoms with E-state index in [1.807, 2.05) is 4.68 Å². The fourth-order valence-corrected chi connectivity index (χ4v) is 1.64. The van der Waals surface area contributed by atoms with Gasteiger partial charge in [-0.3, -0.25) is 0 Å². The van der Waals surface area contributed by atoms with E-state index >= 15 is 0 Å². The van der Waals surface area contributed by atoms with Gasteiger partial charge in [0.05, 0.1) is 12.7 Å². The van der Waals surface area contributed by atoms with Crippen LogP contribution in [0.4, 0.5) is 0 Å². The fourth-order valence-electron chi connectivity index (χ4n) is 1.64. The van der Waals surface area contributed by atoms with Gasteiger partial charge >= 0.3 is 0 Å². The van der Waals surface area contributed by atoms with Crippen molar-refractivity contribution in [3.8, 4) is 0 Å². The molecule has 1 aliphatic heterocycles. The first kappa shape index (κ1) is 9.61. The van der Waals surface area contributed by atoms with Crippen LogP contribution >= 0.6 is 0 Å². The molecule has 0 saturated carbocycles. The van der Waals surface area contributed by atoms with Crippen LogP contribution in [-0.4, -0.2) is 39.7 Å². The van der Waals surface area contributed by atoms with Crippen LogP contribution in [0.25, 0.3) is 0 Å². The number of aliphatic hydroxyl groups excluding tert-OH is 1. The summed E-state index contributed by atoms with van der Waals surface area (Å²) in [6.45, 7) is 1.42. The summed E-state index contributed by atoms with van der Waals surface area (Å²) in [5.74, 6) is 1.71. The lowest BCUT2D eigenvalue weighted by Gasteiger charge is -2.16. The van der Waals surface area contributed by atoms with Crippen molar-refractivity contribution in [2.75, 3.05) is 13.7 Å². The maximum Gasteiger partial charge on any atom is 0.153 e. The number of hydrogen-bond donors (Lipinski definition) is 1. The standard InChI is InChI=1S/C9H15N3O2/c1-14-5-3-8-10-9-6-7(13)2-4-12(9)11-8/h7,13H,2-6H2,1H3. The Bertz CT molecular complexity index is 311. The van der Waals surface area contributed by atoms with Crippen LogP contribution in [0.3, 0.4) is 0 Å². The van der Waals surface area contributed by atoms with Gasteiger partial charge in [0, 0.05) is 26.5 Å². The third kappa shape index (κ3) is 1.93. The molecule has 2 heterocycles. The van der Waals surface area contributed by atoms with Gasteiger partial charge in [-0.2, -0.15) is 5.10 Å². The molecule has 0 aliphatic carbocycles. The second-order valence-electron chi connectivity index (χ2n) is 3.56. The summed E-state index contributed by atoms with van der Waals surface area (Å²) >= 11 is 0. The second-order valence-corrected chi connectivity index (χ2v) is 3.56. The van der Waals surface area contributed by atoms with E-state index in [9.17, 15) is 5.11 Å². The van der Waals surface area contributed by atoms with Crippen molar-refractivity contribution in [2.45, 2.75) is 31.9 Å². The molecule has 1 atom stereocenters. The average Bonchev–Trinajstić information content (AvgIpc) is 2.56. The maximum atomic E-state index is 9.44. The molecule has 0 aromatic carbocycles. The highest BCUT2D eigenvalue weighted by molar-refractivity contribution is 4.97. The molecule has 14 heavy (non-hydrogen) atoms. The van der Waals surface area contributed by atoms with Gasteiger partial charge in [0.15, 0.2) is 5.82 Å². The molecule has 1 N–H and O–H groups in total. The number of methoxy groups -OCH3 is 1. The Morgan fingerprint density at radius 3 is 3.29 bits per heavy atom. The molecule has 1 unspecified atom stereocenters. The van der Waals surface area contributed by atoms with Crippen LogP contribution in [0.5, 0.6) is 0 Å².